The molecule has 1 aliphatic heterocycles. The van der Waals surface area contributed by atoms with Crippen LogP contribution in [-0.2, 0) is 4.74 Å². The fourth-order valence-corrected chi connectivity index (χ4v) is 2.59. The number of carbonyl (C=O) groups excluding carboxylic acids is 1. The highest BCUT2D eigenvalue weighted by Gasteiger charge is 2.28. The van der Waals surface area contributed by atoms with E-state index in [1.165, 1.54) is 0 Å². The monoisotopic (exact) mass is 259 g/mol. The highest BCUT2D eigenvalue weighted by molar-refractivity contribution is 5.94. The van der Waals surface area contributed by atoms with E-state index in [1.54, 1.807) is 7.11 Å². The maximum absolute atomic E-state index is 12.4. The summed E-state index contributed by atoms with van der Waals surface area (Å²) in [7, 11) is 1.70. The summed E-state index contributed by atoms with van der Waals surface area (Å²) in [5, 5.41) is 0. The molecule has 5 nitrogen and oxygen atoms in total. The van der Waals surface area contributed by atoms with E-state index in [0.717, 1.165) is 30.5 Å². The second kappa shape index (κ2) is 5.01. The number of hydrogen-bond acceptors (Lipinski definition) is 3. The predicted octanol–water partition coefficient (Wildman–Crippen LogP) is 1.67. The van der Waals surface area contributed by atoms with E-state index >= 15 is 0 Å². The van der Waals surface area contributed by atoms with E-state index in [9.17, 15) is 4.79 Å². The molecule has 1 unspecified atom stereocenters. The van der Waals surface area contributed by atoms with E-state index in [4.69, 9.17) is 4.74 Å². The Hall–Kier alpha value is -1.88. The first-order valence-corrected chi connectivity index (χ1v) is 6.51. The summed E-state index contributed by atoms with van der Waals surface area (Å²) < 4.78 is 5.15. The number of rotatable bonds is 3. The van der Waals surface area contributed by atoms with Crippen LogP contribution in [0.4, 0.5) is 0 Å². The molecule has 19 heavy (non-hydrogen) atoms. The number of aromatic amines is 1. The quantitative estimate of drug-likeness (QED) is 0.912. The van der Waals surface area contributed by atoms with Gasteiger partial charge in [-0.25, -0.2) is 4.98 Å². The van der Waals surface area contributed by atoms with Gasteiger partial charge < -0.3 is 14.6 Å². The number of methoxy groups -OCH3 is 1. The number of carbonyl (C=O) groups is 1. The Bertz CT molecular complexity index is 560. The van der Waals surface area contributed by atoms with Crippen molar-refractivity contribution in [1.82, 2.24) is 14.9 Å². The number of hydrogen-bond donors (Lipinski definition) is 1. The van der Waals surface area contributed by atoms with Crippen molar-refractivity contribution in [3.63, 3.8) is 0 Å². The van der Waals surface area contributed by atoms with Crippen LogP contribution in [-0.4, -0.2) is 47.6 Å². The van der Waals surface area contributed by atoms with Gasteiger partial charge in [-0.1, -0.05) is 12.1 Å². The molecule has 2 heterocycles. The molecule has 1 atom stereocenters. The molecule has 1 aromatic heterocycles. The van der Waals surface area contributed by atoms with Gasteiger partial charge in [0.15, 0.2) is 5.82 Å². The first-order valence-electron chi connectivity index (χ1n) is 6.51. The predicted molar refractivity (Wildman–Crippen MR) is 72.0 cm³/mol. The molecule has 0 radical (unpaired) electrons. The number of ether oxygens (including phenoxy) is 1. The van der Waals surface area contributed by atoms with Gasteiger partial charge in [-0.3, -0.25) is 4.79 Å². The van der Waals surface area contributed by atoms with Gasteiger partial charge in [0.2, 0.25) is 0 Å². The first-order chi connectivity index (χ1) is 9.28. The maximum atomic E-state index is 12.4. The summed E-state index contributed by atoms with van der Waals surface area (Å²) in [6.07, 6.45) is 1.000. The molecule has 1 aromatic carbocycles. The highest BCUT2D eigenvalue weighted by atomic mass is 16.5. The van der Waals surface area contributed by atoms with Gasteiger partial charge in [0.1, 0.15) is 0 Å². The second-order valence-corrected chi connectivity index (χ2v) is 4.96. The van der Waals surface area contributed by atoms with Crippen LogP contribution in [0.5, 0.6) is 0 Å². The molecule has 1 N–H and O–H groups in total. The van der Waals surface area contributed by atoms with Crippen molar-refractivity contribution >= 4 is 16.9 Å². The number of H-pyrrole nitrogens is 1. The molecule has 0 aliphatic carbocycles. The highest BCUT2D eigenvalue weighted by Crippen LogP contribution is 2.19. The van der Waals surface area contributed by atoms with E-state index in [1.807, 2.05) is 29.2 Å². The summed E-state index contributed by atoms with van der Waals surface area (Å²) in [6.45, 7) is 2.25. The lowest BCUT2D eigenvalue weighted by atomic mass is 10.1. The van der Waals surface area contributed by atoms with Crippen LogP contribution in [0.15, 0.2) is 24.3 Å². The molecule has 1 amide bonds. The van der Waals surface area contributed by atoms with Crippen LogP contribution in [0, 0.1) is 5.92 Å². The van der Waals surface area contributed by atoms with Gasteiger partial charge >= 0.3 is 0 Å². The van der Waals surface area contributed by atoms with E-state index < -0.39 is 0 Å². The zero-order valence-corrected chi connectivity index (χ0v) is 10.9. The SMILES string of the molecule is COCC1CCN(C(=O)c2nc3ccccc3[nH]2)C1. The fraction of sp³-hybridized carbons (Fsp3) is 0.429. The Morgan fingerprint density at radius 3 is 3.16 bits per heavy atom. The number of likely N-dealkylation sites (tertiary alicyclic amines) is 1. The zero-order chi connectivity index (χ0) is 13.2. The number of imidazole rings is 1. The van der Waals surface area contributed by atoms with Gasteiger partial charge in [0.05, 0.1) is 17.6 Å². The smallest absolute Gasteiger partial charge is 0.289 e. The normalized spacial score (nSPS) is 19.2. The summed E-state index contributed by atoms with van der Waals surface area (Å²) in [6, 6.07) is 7.68. The molecule has 0 spiro atoms. The van der Waals surface area contributed by atoms with Crippen LogP contribution in [0.1, 0.15) is 17.0 Å². The Balaban J connectivity index is 1.77. The van der Waals surface area contributed by atoms with Crippen molar-refractivity contribution in [1.29, 1.82) is 0 Å². The van der Waals surface area contributed by atoms with Gasteiger partial charge in [-0.2, -0.15) is 0 Å². The molecule has 100 valence electrons. The fourth-order valence-electron chi connectivity index (χ4n) is 2.59. The molecule has 1 fully saturated rings. The zero-order valence-electron chi connectivity index (χ0n) is 10.9. The summed E-state index contributed by atoms with van der Waals surface area (Å²) >= 11 is 0. The number of nitrogens with zero attached hydrogens (tertiary/aromatic N) is 2. The van der Waals surface area contributed by atoms with Gasteiger partial charge in [-0.05, 0) is 18.6 Å². The lowest BCUT2D eigenvalue weighted by Crippen LogP contribution is -2.30. The Kier molecular flexibility index (Phi) is 3.21. The Morgan fingerprint density at radius 2 is 2.37 bits per heavy atom. The molecule has 3 rings (SSSR count). The summed E-state index contributed by atoms with van der Waals surface area (Å²) in [4.78, 5) is 21.6. The minimum Gasteiger partial charge on any atom is -0.384 e. The molecule has 2 aromatic rings. The lowest BCUT2D eigenvalue weighted by Gasteiger charge is -2.14. The third-order valence-electron chi connectivity index (χ3n) is 3.57. The minimum atomic E-state index is -0.0187. The maximum Gasteiger partial charge on any atom is 0.289 e. The average Bonchev–Trinajstić information content (AvgIpc) is 3.04. The number of amides is 1. The van der Waals surface area contributed by atoms with Crippen molar-refractivity contribution in [2.75, 3.05) is 26.8 Å². The number of benzene rings is 1. The third-order valence-corrected chi connectivity index (χ3v) is 3.57. The number of aromatic nitrogens is 2. The first kappa shape index (κ1) is 12.2. The third kappa shape index (κ3) is 2.33. The van der Waals surface area contributed by atoms with Crippen LogP contribution in [0.2, 0.25) is 0 Å². The van der Waals surface area contributed by atoms with E-state index in [2.05, 4.69) is 9.97 Å². The molecule has 0 saturated carbocycles. The van der Waals surface area contributed by atoms with E-state index in [0.29, 0.717) is 18.3 Å². The summed E-state index contributed by atoms with van der Waals surface area (Å²) in [5.74, 6) is 0.854. The van der Waals surface area contributed by atoms with Gasteiger partial charge in [-0.15, -0.1) is 0 Å². The van der Waals surface area contributed by atoms with Crippen LogP contribution < -0.4 is 0 Å². The van der Waals surface area contributed by atoms with Crippen molar-refractivity contribution in [2.45, 2.75) is 6.42 Å². The van der Waals surface area contributed by atoms with Gasteiger partial charge in [0.25, 0.3) is 5.91 Å². The van der Waals surface area contributed by atoms with Crippen molar-refractivity contribution in [2.24, 2.45) is 5.92 Å². The Labute approximate surface area is 111 Å². The second-order valence-electron chi connectivity index (χ2n) is 4.96. The van der Waals surface area contributed by atoms with E-state index in [-0.39, 0.29) is 5.91 Å². The largest absolute Gasteiger partial charge is 0.384 e. The van der Waals surface area contributed by atoms with Crippen molar-refractivity contribution in [3.05, 3.63) is 30.1 Å². The standard InChI is InChI=1S/C14H17N3O2/c1-19-9-10-6-7-17(8-10)14(18)13-15-11-4-2-3-5-12(11)16-13/h2-5,10H,6-9H2,1H3,(H,15,16). The number of fused-ring (bicyclic) bond motifs is 1. The minimum absolute atomic E-state index is 0.0187. The summed E-state index contributed by atoms with van der Waals surface area (Å²) in [5.41, 5.74) is 1.73. The van der Waals surface area contributed by atoms with Crippen molar-refractivity contribution in [3.8, 4) is 0 Å². The Morgan fingerprint density at radius 1 is 1.53 bits per heavy atom. The van der Waals surface area contributed by atoms with Crippen LogP contribution >= 0.6 is 0 Å². The number of nitrogens with one attached hydrogen (secondary N) is 1. The van der Waals surface area contributed by atoms with Gasteiger partial charge in [0, 0.05) is 26.1 Å². The molecular weight excluding hydrogens is 242 g/mol. The topological polar surface area (TPSA) is 58.2 Å². The molecule has 0 bridgehead atoms. The number of para-hydroxylation sites is 2. The molecular formula is C14H17N3O2. The molecule has 5 heteroatoms. The average molecular weight is 259 g/mol. The molecule has 1 aliphatic rings. The van der Waals surface area contributed by atoms with Crippen LogP contribution in [0.3, 0.4) is 0 Å². The van der Waals surface area contributed by atoms with Crippen molar-refractivity contribution < 1.29 is 9.53 Å². The van der Waals surface area contributed by atoms with Crippen LogP contribution in [0.25, 0.3) is 11.0 Å². The lowest BCUT2D eigenvalue weighted by molar-refractivity contribution is 0.0765. The molecule has 1 saturated heterocycles.